The Balaban J connectivity index is 2.60. The molecule has 0 amide bonds. The van der Waals surface area contributed by atoms with E-state index in [-0.39, 0.29) is 0 Å². The summed E-state index contributed by atoms with van der Waals surface area (Å²) in [5, 5.41) is 8.53. The van der Waals surface area contributed by atoms with Crippen molar-refractivity contribution in [2.24, 2.45) is 0 Å². The Morgan fingerprint density at radius 3 is 2.50 bits per heavy atom. The van der Waals surface area contributed by atoms with Crippen LogP contribution in [0.3, 0.4) is 0 Å². The zero-order valence-electron chi connectivity index (χ0n) is 6.96. The lowest BCUT2D eigenvalue weighted by Gasteiger charge is -2.01. The average molecular weight is 161 g/mol. The van der Waals surface area contributed by atoms with E-state index in [4.69, 9.17) is 5.26 Å². The summed E-state index contributed by atoms with van der Waals surface area (Å²) in [7, 11) is 1.82. The molecular formula is C9H11N3. The van der Waals surface area contributed by atoms with Gasteiger partial charge in [0, 0.05) is 6.54 Å². The van der Waals surface area contributed by atoms with Gasteiger partial charge in [-0.05, 0) is 24.7 Å². The van der Waals surface area contributed by atoms with E-state index in [0.717, 1.165) is 12.1 Å². The molecule has 1 aromatic rings. The Morgan fingerprint density at radius 2 is 2.00 bits per heavy atom. The van der Waals surface area contributed by atoms with Crippen LogP contribution in [0.5, 0.6) is 0 Å². The van der Waals surface area contributed by atoms with Crippen molar-refractivity contribution in [1.82, 2.24) is 10.9 Å². The van der Waals surface area contributed by atoms with Gasteiger partial charge < -0.3 is 0 Å². The number of hydrogen-bond acceptors (Lipinski definition) is 3. The van der Waals surface area contributed by atoms with Gasteiger partial charge in [-0.3, -0.25) is 10.9 Å². The lowest BCUT2D eigenvalue weighted by atomic mass is 10.1. The molecule has 1 rings (SSSR count). The first-order valence-corrected chi connectivity index (χ1v) is 3.75. The summed E-state index contributed by atoms with van der Waals surface area (Å²) in [6.07, 6.45) is 0. The van der Waals surface area contributed by atoms with Crippen molar-refractivity contribution in [2.45, 2.75) is 6.54 Å². The third-order valence-electron chi connectivity index (χ3n) is 1.55. The lowest BCUT2D eigenvalue weighted by molar-refractivity contribution is 0.596. The zero-order valence-corrected chi connectivity index (χ0v) is 6.96. The van der Waals surface area contributed by atoms with Gasteiger partial charge in [-0.15, -0.1) is 0 Å². The highest BCUT2D eigenvalue weighted by Crippen LogP contribution is 2.01. The number of benzene rings is 1. The molecule has 0 aliphatic rings. The zero-order chi connectivity index (χ0) is 8.81. The SMILES string of the molecule is CNNCc1ccc(C#N)cc1. The molecule has 1 aromatic carbocycles. The summed E-state index contributed by atoms with van der Waals surface area (Å²) in [6, 6.07) is 9.57. The lowest BCUT2D eigenvalue weighted by Crippen LogP contribution is -2.26. The molecule has 0 aliphatic heterocycles. The van der Waals surface area contributed by atoms with Crippen molar-refractivity contribution in [3.8, 4) is 6.07 Å². The molecule has 0 fully saturated rings. The van der Waals surface area contributed by atoms with Crippen LogP contribution in [0.2, 0.25) is 0 Å². The number of nitriles is 1. The van der Waals surface area contributed by atoms with E-state index in [2.05, 4.69) is 16.9 Å². The van der Waals surface area contributed by atoms with Gasteiger partial charge in [-0.2, -0.15) is 5.26 Å². The van der Waals surface area contributed by atoms with Crippen LogP contribution in [0.1, 0.15) is 11.1 Å². The van der Waals surface area contributed by atoms with Gasteiger partial charge in [0.25, 0.3) is 0 Å². The molecule has 3 heteroatoms. The van der Waals surface area contributed by atoms with Crippen LogP contribution in [0.25, 0.3) is 0 Å². The average Bonchev–Trinajstić information content (AvgIpc) is 2.15. The summed E-state index contributed by atoms with van der Waals surface area (Å²) >= 11 is 0. The number of hydrazine groups is 1. The second kappa shape index (κ2) is 4.50. The molecule has 2 N–H and O–H groups in total. The molecule has 3 nitrogen and oxygen atoms in total. The largest absolute Gasteiger partial charge is 0.261 e. The van der Waals surface area contributed by atoms with Crippen molar-refractivity contribution in [3.63, 3.8) is 0 Å². The van der Waals surface area contributed by atoms with Gasteiger partial charge in [-0.1, -0.05) is 12.1 Å². The minimum absolute atomic E-state index is 0.697. The minimum Gasteiger partial charge on any atom is -0.261 e. The van der Waals surface area contributed by atoms with Crippen molar-refractivity contribution in [1.29, 1.82) is 5.26 Å². The maximum atomic E-state index is 8.53. The summed E-state index contributed by atoms with van der Waals surface area (Å²) in [6.45, 7) is 0.766. The fourth-order valence-electron chi connectivity index (χ4n) is 0.888. The van der Waals surface area contributed by atoms with Crippen molar-refractivity contribution < 1.29 is 0 Å². The van der Waals surface area contributed by atoms with Crippen LogP contribution < -0.4 is 10.9 Å². The second-order valence-corrected chi connectivity index (χ2v) is 2.41. The topological polar surface area (TPSA) is 47.8 Å². The summed E-state index contributed by atoms with van der Waals surface area (Å²) in [5.41, 5.74) is 7.65. The molecule has 0 aromatic heterocycles. The number of nitrogens with zero attached hydrogens (tertiary/aromatic N) is 1. The standard InChI is InChI=1S/C9H11N3/c1-11-12-7-9-4-2-8(6-10)3-5-9/h2-5,11-12H,7H2,1H3. The predicted octanol–water partition coefficient (Wildman–Crippen LogP) is 0.782. The maximum absolute atomic E-state index is 8.53. The Bertz CT molecular complexity index is 271. The van der Waals surface area contributed by atoms with Gasteiger partial charge in [-0.25, -0.2) is 0 Å². The Labute approximate surface area is 72.0 Å². The summed E-state index contributed by atoms with van der Waals surface area (Å²) < 4.78 is 0. The number of hydrogen-bond donors (Lipinski definition) is 2. The molecule has 0 saturated heterocycles. The molecule has 62 valence electrons. The van der Waals surface area contributed by atoms with E-state index >= 15 is 0 Å². The van der Waals surface area contributed by atoms with E-state index in [1.54, 1.807) is 0 Å². The quantitative estimate of drug-likeness (QED) is 0.644. The molecular weight excluding hydrogens is 150 g/mol. The molecule has 0 bridgehead atoms. The Morgan fingerprint density at radius 1 is 1.33 bits per heavy atom. The van der Waals surface area contributed by atoms with Crippen LogP contribution in [0.15, 0.2) is 24.3 Å². The number of rotatable bonds is 3. The third-order valence-corrected chi connectivity index (χ3v) is 1.55. The first kappa shape index (κ1) is 8.72. The first-order chi connectivity index (χ1) is 5.86. The van der Waals surface area contributed by atoms with Crippen molar-refractivity contribution in [2.75, 3.05) is 7.05 Å². The molecule has 0 spiro atoms. The summed E-state index contributed by atoms with van der Waals surface area (Å²) in [5.74, 6) is 0. The third kappa shape index (κ3) is 2.35. The number of nitrogens with one attached hydrogen (secondary N) is 2. The fraction of sp³-hybridized carbons (Fsp3) is 0.222. The van der Waals surface area contributed by atoms with Crippen molar-refractivity contribution in [3.05, 3.63) is 35.4 Å². The van der Waals surface area contributed by atoms with E-state index in [1.807, 2.05) is 31.3 Å². The molecule has 0 radical (unpaired) electrons. The molecule has 12 heavy (non-hydrogen) atoms. The fourth-order valence-corrected chi connectivity index (χ4v) is 0.888. The van der Waals surface area contributed by atoms with E-state index in [0.29, 0.717) is 5.56 Å². The van der Waals surface area contributed by atoms with E-state index in [1.165, 1.54) is 0 Å². The Kier molecular flexibility index (Phi) is 3.27. The highest BCUT2D eigenvalue weighted by molar-refractivity contribution is 5.31. The van der Waals surface area contributed by atoms with Gasteiger partial charge in [0.2, 0.25) is 0 Å². The summed E-state index contributed by atoms with van der Waals surface area (Å²) in [4.78, 5) is 0. The van der Waals surface area contributed by atoms with Crippen LogP contribution >= 0.6 is 0 Å². The minimum atomic E-state index is 0.697. The normalized spacial score (nSPS) is 9.33. The van der Waals surface area contributed by atoms with Gasteiger partial charge in [0.05, 0.1) is 11.6 Å². The Hall–Kier alpha value is -1.37. The second-order valence-electron chi connectivity index (χ2n) is 2.41. The van der Waals surface area contributed by atoms with Gasteiger partial charge in [0.1, 0.15) is 0 Å². The van der Waals surface area contributed by atoms with Crippen LogP contribution in [-0.2, 0) is 6.54 Å². The van der Waals surface area contributed by atoms with Crippen molar-refractivity contribution >= 4 is 0 Å². The molecule has 0 unspecified atom stereocenters. The van der Waals surface area contributed by atoms with Gasteiger partial charge in [0.15, 0.2) is 0 Å². The van der Waals surface area contributed by atoms with E-state index < -0.39 is 0 Å². The molecule has 0 saturated carbocycles. The predicted molar refractivity (Wildman–Crippen MR) is 47.1 cm³/mol. The van der Waals surface area contributed by atoms with Gasteiger partial charge >= 0.3 is 0 Å². The van der Waals surface area contributed by atoms with E-state index in [9.17, 15) is 0 Å². The smallest absolute Gasteiger partial charge is 0.0991 e. The molecule has 0 atom stereocenters. The highest BCUT2D eigenvalue weighted by Gasteiger charge is 1.91. The van der Waals surface area contributed by atoms with Crippen LogP contribution in [-0.4, -0.2) is 7.05 Å². The highest BCUT2D eigenvalue weighted by atomic mass is 15.3. The molecule has 0 aliphatic carbocycles. The monoisotopic (exact) mass is 161 g/mol. The van der Waals surface area contributed by atoms with Crippen LogP contribution in [0.4, 0.5) is 0 Å². The maximum Gasteiger partial charge on any atom is 0.0991 e. The van der Waals surface area contributed by atoms with Crippen LogP contribution in [0, 0.1) is 11.3 Å². The molecule has 0 heterocycles. The first-order valence-electron chi connectivity index (χ1n) is 3.75.